The van der Waals surface area contributed by atoms with Crippen molar-refractivity contribution in [2.75, 3.05) is 26.1 Å². The maximum Gasteiger partial charge on any atom is 0.228 e. The number of nitrogens with zero attached hydrogens (tertiary/aromatic N) is 5. The van der Waals surface area contributed by atoms with Crippen LogP contribution in [0.15, 0.2) is 85.1 Å². The van der Waals surface area contributed by atoms with Gasteiger partial charge in [-0.1, -0.05) is 68.4 Å². The third-order valence-electron chi connectivity index (χ3n) is 8.19. The van der Waals surface area contributed by atoms with Gasteiger partial charge in [0.15, 0.2) is 17.7 Å². The number of methoxy groups -OCH3 is 2. The summed E-state index contributed by atoms with van der Waals surface area (Å²) < 4.78 is 25.7. The van der Waals surface area contributed by atoms with Crippen molar-refractivity contribution < 1.29 is 28.8 Å². The smallest absolute Gasteiger partial charge is 0.228 e. The Morgan fingerprint density at radius 2 is 1.57 bits per heavy atom. The average Bonchev–Trinajstić information content (AvgIpc) is 3.69. The van der Waals surface area contributed by atoms with Gasteiger partial charge in [-0.3, -0.25) is 4.79 Å². The molecule has 3 aromatic carbocycles. The fraction of sp³-hybridized carbons (Fsp3) is 0.324. The molecule has 12 heteroatoms. The highest BCUT2D eigenvalue weighted by Crippen LogP contribution is 2.43. The zero-order valence-electron chi connectivity index (χ0n) is 26.0. The number of carbonyl (C=O) groups excluding carboxylic acids is 1. The van der Waals surface area contributed by atoms with E-state index in [2.05, 4.69) is 25.8 Å². The van der Waals surface area contributed by atoms with Gasteiger partial charge in [0, 0.05) is 12.3 Å². The molecule has 3 heterocycles. The van der Waals surface area contributed by atoms with Gasteiger partial charge in [0.1, 0.15) is 23.2 Å². The number of aliphatic hydroxyl groups excluding tert-OH is 1. The molecule has 0 saturated carbocycles. The number of hydrogen-bond acceptors (Lipinski definition) is 10. The predicted octanol–water partition coefficient (Wildman–Crippen LogP) is 4.49. The van der Waals surface area contributed by atoms with Gasteiger partial charge in [0.05, 0.1) is 38.5 Å². The van der Waals surface area contributed by atoms with E-state index in [4.69, 9.17) is 18.9 Å². The third-order valence-corrected chi connectivity index (χ3v) is 8.19. The van der Waals surface area contributed by atoms with Crippen molar-refractivity contribution in [1.29, 1.82) is 0 Å². The molecule has 0 unspecified atom stereocenters. The van der Waals surface area contributed by atoms with E-state index in [0.29, 0.717) is 11.0 Å². The van der Waals surface area contributed by atoms with Crippen molar-refractivity contribution >= 4 is 22.8 Å². The molecule has 46 heavy (non-hydrogen) atoms. The summed E-state index contributed by atoms with van der Waals surface area (Å²) in [6.45, 7) is 3.62. The van der Waals surface area contributed by atoms with Gasteiger partial charge in [-0.2, -0.15) is 5.10 Å². The minimum Gasteiger partial charge on any atom is -0.497 e. The van der Waals surface area contributed by atoms with Crippen LogP contribution in [0.5, 0.6) is 11.5 Å². The van der Waals surface area contributed by atoms with E-state index >= 15 is 0 Å². The quantitative estimate of drug-likeness (QED) is 0.202. The van der Waals surface area contributed by atoms with Crippen molar-refractivity contribution in [3.05, 3.63) is 102 Å². The van der Waals surface area contributed by atoms with Crippen LogP contribution in [-0.4, -0.2) is 69.2 Å². The maximum absolute atomic E-state index is 12.3. The lowest BCUT2D eigenvalue weighted by Gasteiger charge is -2.37. The molecule has 0 radical (unpaired) electrons. The summed E-state index contributed by atoms with van der Waals surface area (Å²) in [5.74, 6) is 1.26. The van der Waals surface area contributed by atoms with Crippen molar-refractivity contribution in [1.82, 2.24) is 25.2 Å². The zero-order chi connectivity index (χ0) is 32.3. The number of ether oxygens (including phenoxy) is 4. The van der Waals surface area contributed by atoms with Gasteiger partial charge < -0.3 is 29.4 Å². The minimum atomic E-state index is -1.07. The van der Waals surface area contributed by atoms with E-state index in [1.807, 2.05) is 78.9 Å². The van der Waals surface area contributed by atoms with Crippen molar-refractivity contribution in [2.24, 2.45) is 5.92 Å². The average molecular weight is 625 g/mol. The molecule has 1 fully saturated rings. The van der Waals surface area contributed by atoms with E-state index in [9.17, 15) is 9.90 Å². The maximum atomic E-state index is 12.3. The summed E-state index contributed by atoms with van der Waals surface area (Å²) >= 11 is 0. The lowest BCUT2D eigenvalue weighted by molar-refractivity contribution is -0.118. The number of aromatic nitrogens is 5. The summed E-state index contributed by atoms with van der Waals surface area (Å²) in [6, 6.07) is 25.4. The standard InChI is InChI=1S/C34H36N6O6/c1-21(2)33(42)36-31-27-19-35-40(32(27)38-39-37-31)30-18-28(41)29(46-30)20-45-34(22-8-6-5-7-9-22,23-10-14-25(43-3)15-11-23)24-12-16-26(44-4)17-13-24/h5-17,19,21,28-30,41H,18,20H2,1-4H3,(H,36,37,38,42)/t28-,29+,30+/m0/s1. The van der Waals surface area contributed by atoms with Gasteiger partial charge in [0.25, 0.3) is 0 Å². The number of amides is 1. The van der Waals surface area contributed by atoms with Crippen molar-refractivity contribution in [3.63, 3.8) is 0 Å². The molecule has 5 aromatic rings. The second-order valence-electron chi connectivity index (χ2n) is 11.4. The first-order valence-corrected chi connectivity index (χ1v) is 15.0. The Morgan fingerprint density at radius 1 is 0.957 bits per heavy atom. The van der Waals surface area contributed by atoms with Crippen molar-refractivity contribution in [3.8, 4) is 11.5 Å². The fourth-order valence-electron chi connectivity index (χ4n) is 5.65. The van der Waals surface area contributed by atoms with Crippen LogP contribution in [0.1, 0.15) is 43.2 Å². The topological polar surface area (TPSA) is 143 Å². The molecule has 1 amide bonds. The predicted molar refractivity (Wildman–Crippen MR) is 169 cm³/mol. The van der Waals surface area contributed by atoms with E-state index < -0.39 is 24.0 Å². The molecule has 3 atom stereocenters. The highest BCUT2D eigenvalue weighted by Gasteiger charge is 2.42. The third kappa shape index (κ3) is 5.89. The van der Waals surface area contributed by atoms with Crippen LogP contribution in [-0.2, 0) is 19.9 Å². The molecule has 2 N–H and O–H groups in total. The number of nitrogens with one attached hydrogen (secondary N) is 1. The summed E-state index contributed by atoms with van der Waals surface area (Å²) in [7, 11) is 3.25. The molecule has 0 spiro atoms. The lowest BCUT2D eigenvalue weighted by atomic mass is 9.80. The van der Waals surface area contributed by atoms with Gasteiger partial charge in [0.2, 0.25) is 5.91 Å². The first-order valence-electron chi connectivity index (χ1n) is 15.0. The summed E-state index contributed by atoms with van der Waals surface area (Å²) in [5.41, 5.74) is 1.94. The van der Waals surface area contributed by atoms with Crippen molar-refractivity contribution in [2.45, 2.75) is 44.3 Å². The molecule has 0 aliphatic carbocycles. The van der Waals surface area contributed by atoms with Gasteiger partial charge in [-0.25, -0.2) is 4.68 Å². The molecule has 238 valence electrons. The van der Waals surface area contributed by atoms with Crippen LogP contribution in [0.2, 0.25) is 0 Å². The van der Waals surface area contributed by atoms with E-state index in [-0.39, 0.29) is 30.7 Å². The summed E-state index contributed by atoms with van der Waals surface area (Å²) in [6.07, 6.45) is -0.413. The number of fused-ring (bicyclic) bond motifs is 1. The number of carbonyl (C=O) groups is 1. The van der Waals surface area contributed by atoms with E-state index in [1.165, 1.54) is 0 Å². The van der Waals surface area contributed by atoms with Gasteiger partial charge >= 0.3 is 0 Å². The van der Waals surface area contributed by atoms with Crippen LogP contribution < -0.4 is 14.8 Å². The SMILES string of the molecule is COc1ccc(C(OC[C@H]2O[C@@H](n3ncc4c(NC(=O)C(C)C)nnnc43)C[C@@H]2O)(c2ccccc2)c2ccc(OC)cc2)cc1. The molecule has 12 nitrogen and oxygen atoms in total. The Balaban J connectivity index is 1.32. The normalized spacial score (nSPS) is 18.2. The summed E-state index contributed by atoms with van der Waals surface area (Å²) in [4.78, 5) is 12.3. The van der Waals surface area contributed by atoms with E-state index in [1.54, 1.807) is 38.9 Å². The Labute approximate surface area is 266 Å². The number of hydrogen-bond donors (Lipinski definition) is 2. The molecular weight excluding hydrogens is 588 g/mol. The second kappa shape index (κ2) is 13.2. The fourth-order valence-corrected chi connectivity index (χ4v) is 5.65. The van der Waals surface area contributed by atoms with E-state index in [0.717, 1.165) is 28.2 Å². The number of anilines is 1. The van der Waals surface area contributed by atoms with Crippen LogP contribution >= 0.6 is 0 Å². The molecule has 1 aliphatic heterocycles. The zero-order valence-corrected chi connectivity index (χ0v) is 26.0. The monoisotopic (exact) mass is 624 g/mol. The molecule has 6 rings (SSSR count). The van der Waals surface area contributed by atoms with Gasteiger partial charge in [-0.05, 0) is 46.2 Å². The Kier molecular flexibility index (Phi) is 8.93. The first-order chi connectivity index (χ1) is 22.3. The summed E-state index contributed by atoms with van der Waals surface area (Å²) in [5, 5.41) is 31.0. The molecule has 2 aromatic heterocycles. The number of aliphatic hydroxyl groups is 1. The van der Waals surface area contributed by atoms with Crippen LogP contribution in [0.25, 0.3) is 11.0 Å². The number of rotatable bonds is 11. The van der Waals surface area contributed by atoms with Crippen LogP contribution in [0, 0.1) is 5.92 Å². The Morgan fingerprint density at radius 3 is 2.15 bits per heavy atom. The second-order valence-corrected chi connectivity index (χ2v) is 11.4. The lowest BCUT2D eigenvalue weighted by Crippen LogP contribution is -2.38. The Bertz CT molecular complexity index is 1730. The molecule has 0 bridgehead atoms. The van der Waals surface area contributed by atoms with Crippen LogP contribution in [0.3, 0.4) is 0 Å². The molecule has 1 saturated heterocycles. The Hall–Kier alpha value is -4.91. The van der Waals surface area contributed by atoms with Crippen LogP contribution in [0.4, 0.5) is 5.82 Å². The molecule has 1 aliphatic rings. The number of benzene rings is 3. The van der Waals surface area contributed by atoms with Gasteiger partial charge in [-0.15, -0.1) is 10.2 Å². The highest BCUT2D eigenvalue weighted by atomic mass is 16.6. The highest BCUT2D eigenvalue weighted by molar-refractivity contribution is 5.98. The first kappa shape index (κ1) is 31.1. The largest absolute Gasteiger partial charge is 0.497 e. The molecular formula is C34H36N6O6. The minimum absolute atomic E-state index is 0.0484.